The van der Waals surface area contributed by atoms with Gasteiger partial charge in [0.2, 0.25) is 5.91 Å². The van der Waals surface area contributed by atoms with Crippen molar-refractivity contribution in [2.24, 2.45) is 23.5 Å². The van der Waals surface area contributed by atoms with Crippen LogP contribution in [0.1, 0.15) is 46.0 Å². The van der Waals surface area contributed by atoms with Crippen molar-refractivity contribution < 1.29 is 14.3 Å². The summed E-state index contributed by atoms with van der Waals surface area (Å²) in [5, 5.41) is 2.86. The van der Waals surface area contributed by atoms with Gasteiger partial charge in [0, 0.05) is 5.92 Å². The summed E-state index contributed by atoms with van der Waals surface area (Å²) >= 11 is 0. The molecular formula is C15H28N2O3. The number of nitrogens with one attached hydrogen (secondary N) is 1. The number of rotatable bonds is 6. The van der Waals surface area contributed by atoms with Gasteiger partial charge < -0.3 is 15.8 Å². The Morgan fingerprint density at radius 1 is 1.30 bits per heavy atom. The predicted molar refractivity (Wildman–Crippen MR) is 77.9 cm³/mol. The number of ether oxygens (including phenoxy) is 1. The van der Waals surface area contributed by atoms with Crippen molar-refractivity contribution in [1.29, 1.82) is 0 Å². The molecule has 116 valence electrons. The van der Waals surface area contributed by atoms with Gasteiger partial charge in [-0.1, -0.05) is 26.7 Å². The fourth-order valence-electron chi connectivity index (χ4n) is 2.94. The van der Waals surface area contributed by atoms with E-state index in [1.54, 1.807) is 0 Å². The molecule has 0 aromatic rings. The lowest BCUT2D eigenvalue weighted by atomic mass is 9.78. The molecule has 3 N–H and O–H groups in total. The molecule has 0 radical (unpaired) electrons. The number of esters is 1. The SMILES string of the molecule is COC(=O)C(CC(C)C)NC(=O)C1CCCCC1CN. The highest BCUT2D eigenvalue weighted by molar-refractivity contribution is 5.85. The first kappa shape index (κ1) is 17.0. The highest BCUT2D eigenvalue weighted by Crippen LogP contribution is 2.29. The third-order valence-corrected chi connectivity index (χ3v) is 4.06. The van der Waals surface area contributed by atoms with E-state index in [4.69, 9.17) is 10.5 Å². The Labute approximate surface area is 121 Å². The summed E-state index contributed by atoms with van der Waals surface area (Å²) in [5.41, 5.74) is 5.76. The van der Waals surface area contributed by atoms with Crippen LogP contribution in [-0.2, 0) is 14.3 Å². The zero-order valence-corrected chi connectivity index (χ0v) is 12.9. The molecule has 1 aliphatic carbocycles. The maximum absolute atomic E-state index is 12.4. The number of carbonyl (C=O) groups is 2. The minimum absolute atomic E-state index is 0.0452. The number of nitrogens with two attached hydrogens (primary N) is 1. The quantitative estimate of drug-likeness (QED) is 0.723. The molecule has 5 heteroatoms. The molecule has 3 atom stereocenters. The Kier molecular flexibility index (Phi) is 6.99. The lowest BCUT2D eigenvalue weighted by Crippen LogP contribution is -2.47. The summed E-state index contributed by atoms with van der Waals surface area (Å²) in [4.78, 5) is 24.2. The number of carbonyl (C=O) groups excluding carboxylic acids is 2. The van der Waals surface area contributed by atoms with Crippen molar-refractivity contribution in [2.45, 2.75) is 52.0 Å². The van der Waals surface area contributed by atoms with Crippen molar-refractivity contribution in [3.8, 4) is 0 Å². The highest BCUT2D eigenvalue weighted by Gasteiger charge is 2.32. The van der Waals surface area contributed by atoms with Gasteiger partial charge in [0.05, 0.1) is 7.11 Å². The summed E-state index contributed by atoms with van der Waals surface area (Å²) < 4.78 is 4.78. The monoisotopic (exact) mass is 284 g/mol. The van der Waals surface area contributed by atoms with Crippen molar-refractivity contribution >= 4 is 11.9 Å². The fourth-order valence-corrected chi connectivity index (χ4v) is 2.94. The summed E-state index contributed by atoms with van der Waals surface area (Å²) in [6, 6.07) is -0.548. The second-order valence-corrected chi connectivity index (χ2v) is 6.10. The lowest BCUT2D eigenvalue weighted by Gasteiger charge is -2.31. The molecule has 1 saturated carbocycles. The second-order valence-electron chi connectivity index (χ2n) is 6.10. The van der Waals surface area contributed by atoms with Gasteiger partial charge in [0.25, 0.3) is 0 Å². The van der Waals surface area contributed by atoms with Gasteiger partial charge in [-0.25, -0.2) is 4.79 Å². The number of methoxy groups -OCH3 is 1. The molecule has 3 unspecified atom stereocenters. The first-order chi connectivity index (χ1) is 9.49. The van der Waals surface area contributed by atoms with Gasteiger partial charge in [0.15, 0.2) is 0 Å². The zero-order valence-electron chi connectivity index (χ0n) is 12.9. The van der Waals surface area contributed by atoms with Gasteiger partial charge >= 0.3 is 5.97 Å². The van der Waals surface area contributed by atoms with E-state index in [0.29, 0.717) is 18.9 Å². The van der Waals surface area contributed by atoms with Crippen LogP contribution in [0.2, 0.25) is 0 Å². The average Bonchev–Trinajstić information content (AvgIpc) is 2.45. The maximum Gasteiger partial charge on any atom is 0.328 e. The van der Waals surface area contributed by atoms with E-state index in [1.807, 2.05) is 13.8 Å². The zero-order chi connectivity index (χ0) is 15.1. The van der Waals surface area contributed by atoms with Crippen LogP contribution >= 0.6 is 0 Å². The molecular weight excluding hydrogens is 256 g/mol. The van der Waals surface area contributed by atoms with Gasteiger partial charge in [-0.3, -0.25) is 4.79 Å². The van der Waals surface area contributed by atoms with Crippen LogP contribution in [0.15, 0.2) is 0 Å². The van der Waals surface area contributed by atoms with E-state index < -0.39 is 6.04 Å². The molecule has 0 bridgehead atoms. The van der Waals surface area contributed by atoms with Crippen LogP contribution in [-0.4, -0.2) is 31.6 Å². The van der Waals surface area contributed by atoms with Crippen molar-refractivity contribution in [3.63, 3.8) is 0 Å². The molecule has 0 aromatic carbocycles. The molecule has 5 nitrogen and oxygen atoms in total. The van der Waals surface area contributed by atoms with Crippen molar-refractivity contribution in [3.05, 3.63) is 0 Å². The molecule has 1 rings (SSSR count). The number of amides is 1. The molecule has 0 saturated heterocycles. The molecule has 1 aliphatic rings. The minimum atomic E-state index is -0.548. The van der Waals surface area contributed by atoms with Crippen LogP contribution < -0.4 is 11.1 Å². The summed E-state index contributed by atoms with van der Waals surface area (Å²) in [7, 11) is 1.35. The third kappa shape index (κ3) is 4.78. The van der Waals surface area contributed by atoms with E-state index in [1.165, 1.54) is 7.11 Å². The fraction of sp³-hybridized carbons (Fsp3) is 0.867. The summed E-state index contributed by atoms with van der Waals surface area (Å²) in [5.74, 6) is 0.0774. The van der Waals surface area contributed by atoms with Crippen molar-refractivity contribution in [2.75, 3.05) is 13.7 Å². The maximum atomic E-state index is 12.4. The Hall–Kier alpha value is -1.10. The van der Waals surface area contributed by atoms with E-state index in [2.05, 4.69) is 5.32 Å². The molecule has 0 aliphatic heterocycles. The van der Waals surface area contributed by atoms with Crippen LogP contribution in [0.5, 0.6) is 0 Å². The standard InChI is InChI=1S/C15H28N2O3/c1-10(2)8-13(15(19)20-3)17-14(18)12-7-5-4-6-11(12)9-16/h10-13H,4-9,16H2,1-3H3,(H,17,18). The second kappa shape index (κ2) is 8.25. The minimum Gasteiger partial charge on any atom is -0.467 e. The van der Waals surface area contributed by atoms with Gasteiger partial charge in [0.1, 0.15) is 6.04 Å². The summed E-state index contributed by atoms with van der Waals surface area (Å²) in [6.45, 7) is 4.57. The lowest BCUT2D eigenvalue weighted by molar-refractivity contribution is -0.146. The third-order valence-electron chi connectivity index (χ3n) is 4.06. The molecule has 1 fully saturated rings. The van der Waals surface area contributed by atoms with Crippen LogP contribution in [0.25, 0.3) is 0 Å². The largest absolute Gasteiger partial charge is 0.467 e. The predicted octanol–water partition coefficient (Wildman–Crippen LogP) is 1.46. The van der Waals surface area contributed by atoms with Gasteiger partial charge in [-0.15, -0.1) is 0 Å². The first-order valence-corrected chi connectivity index (χ1v) is 7.57. The highest BCUT2D eigenvalue weighted by atomic mass is 16.5. The van der Waals surface area contributed by atoms with E-state index in [-0.39, 0.29) is 23.7 Å². The molecule has 1 amide bonds. The van der Waals surface area contributed by atoms with E-state index in [9.17, 15) is 9.59 Å². The Bertz CT molecular complexity index is 331. The van der Waals surface area contributed by atoms with Crippen molar-refractivity contribution in [1.82, 2.24) is 5.32 Å². The van der Waals surface area contributed by atoms with E-state index in [0.717, 1.165) is 25.7 Å². The van der Waals surface area contributed by atoms with Crippen LogP contribution in [0.4, 0.5) is 0 Å². The topological polar surface area (TPSA) is 81.4 Å². The Morgan fingerprint density at radius 2 is 1.95 bits per heavy atom. The average molecular weight is 284 g/mol. The smallest absolute Gasteiger partial charge is 0.328 e. The van der Waals surface area contributed by atoms with Gasteiger partial charge in [-0.05, 0) is 37.6 Å². The van der Waals surface area contributed by atoms with Crippen LogP contribution in [0, 0.1) is 17.8 Å². The normalized spacial score (nSPS) is 24.2. The first-order valence-electron chi connectivity index (χ1n) is 7.57. The molecule has 0 heterocycles. The number of hydrogen-bond donors (Lipinski definition) is 2. The van der Waals surface area contributed by atoms with E-state index >= 15 is 0 Å². The molecule has 0 spiro atoms. The van der Waals surface area contributed by atoms with Gasteiger partial charge in [-0.2, -0.15) is 0 Å². The molecule has 20 heavy (non-hydrogen) atoms. The van der Waals surface area contributed by atoms with Crippen LogP contribution in [0.3, 0.4) is 0 Å². The Morgan fingerprint density at radius 3 is 2.50 bits per heavy atom. The summed E-state index contributed by atoms with van der Waals surface area (Å²) in [6.07, 6.45) is 4.66. The Balaban J connectivity index is 2.66. The number of hydrogen-bond acceptors (Lipinski definition) is 4. The molecule has 0 aromatic heterocycles.